The number of hydrogen-bond acceptors (Lipinski definition) is 7. The molecule has 174 valence electrons. The molecule has 1 atom stereocenters. The zero-order chi connectivity index (χ0) is 24.2. The first-order valence-electron chi connectivity index (χ1n) is 9.73. The predicted octanol–water partition coefficient (Wildman–Crippen LogP) is 4.45. The van der Waals surface area contributed by atoms with Crippen molar-refractivity contribution in [3.63, 3.8) is 0 Å². The number of halogens is 1. The summed E-state index contributed by atoms with van der Waals surface area (Å²) in [5, 5.41) is 2.68. The van der Waals surface area contributed by atoms with Gasteiger partial charge in [0, 0.05) is 25.5 Å². The van der Waals surface area contributed by atoms with Crippen LogP contribution in [0.25, 0.3) is 0 Å². The second-order valence-electron chi connectivity index (χ2n) is 7.19. The summed E-state index contributed by atoms with van der Waals surface area (Å²) in [6.45, 7) is 1.43. The summed E-state index contributed by atoms with van der Waals surface area (Å²) in [5.74, 6) is -1.37. The van der Waals surface area contributed by atoms with Crippen LogP contribution in [0.15, 0.2) is 64.9 Å². The van der Waals surface area contributed by atoms with Gasteiger partial charge in [0.1, 0.15) is 4.21 Å². The molecular formula is C22H22ClN3O5S2. The highest BCUT2D eigenvalue weighted by Gasteiger charge is 2.24. The van der Waals surface area contributed by atoms with Crippen LogP contribution in [0.5, 0.6) is 0 Å². The maximum atomic E-state index is 12.7. The summed E-state index contributed by atoms with van der Waals surface area (Å²) in [5.41, 5.74) is 1.52. The Morgan fingerprint density at radius 1 is 1.03 bits per heavy atom. The van der Waals surface area contributed by atoms with Crippen molar-refractivity contribution in [2.75, 3.05) is 29.0 Å². The van der Waals surface area contributed by atoms with E-state index < -0.39 is 28.0 Å². The number of nitrogens with zero attached hydrogens (tertiary/aromatic N) is 1. The Morgan fingerprint density at radius 3 is 2.30 bits per heavy atom. The number of sulfonamides is 1. The SMILES string of the molecule is C[C@H](OC(=O)c1ccccc1NS(=O)(=O)c1ccc(Cl)s1)C(=O)Nc1ccc(N(C)C)cc1. The van der Waals surface area contributed by atoms with E-state index in [1.54, 1.807) is 24.3 Å². The van der Waals surface area contributed by atoms with Crippen molar-refractivity contribution in [3.8, 4) is 0 Å². The van der Waals surface area contributed by atoms with Crippen molar-refractivity contribution >= 4 is 61.9 Å². The monoisotopic (exact) mass is 507 g/mol. The van der Waals surface area contributed by atoms with Gasteiger partial charge in [-0.3, -0.25) is 9.52 Å². The van der Waals surface area contributed by atoms with Gasteiger partial charge in [0.15, 0.2) is 6.10 Å². The van der Waals surface area contributed by atoms with Crippen LogP contribution in [0.4, 0.5) is 17.1 Å². The molecule has 0 bridgehead atoms. The van der Waals surface area contributed by atoms with Crippen molar-refractivity contribution < 1.29 is 22.7 Å². The summed E-state index contributed by atoms with van der Waals surface area (Å²) in [7, 11) is -0.139. The summed E-state index contributed by atoms with van der Waals surface area (Å²) in [6.07, 6.45) is -1.12. The van der Waals surface area contributed by atoms with Gasteiger partial charge >= 0.3 is 5.97 Å². The van der Waals surface area contributed by atoms with E-state index in [9.17, 15) is 18.0 Å². The van der Waals surface area contributed by atoms with Crippen molar-refractivity contribution in [3.05, 3.63) is 70.6 Å². The minimum absolute atomic E-state index is 0.00343. The van der Waals surface area contributed by atoms with Crippen molar-refractivity contribution in [1.29, 1.82) is 0 Å². The van der Waals surface area contributed by atoms with Crippen molar-refractivity contribution in [2.24, 2.45) is 0 Å². The lowest BCUT2D eigenvalue weighted by molar-refractivity contribution is -0.123. The van der Waals surface area contributed by atoms with Crippen LogP contribution in [0.3, 0.4) is 0 Å². The third-order valence-corrected chi connectivity index (χ3v) is 7.60. The fourth-order valence-corrected chi connectivity index (χ4v) is 5.31. The topological polar surface area (TPSA) is 105 Å². The zero-order valence-electron chi connectivity index (χ0n) is 18.0. The third-order valence-electron chi connectivity index (χ3n) is 4.51. The number of ether oxygens (including phenoxy) is 1. The molecule has 1 aromatic heterocycles. The van der Waals surface area contributed by atoms with Crippen LogP contribution < -0.4 is 14.9 Å². The average molecular weight is 508 g/mol. The Bertz CT molecular complexity index is 1260. The number of benzene rings is 2. The van der Waals surface area contributed by atoms with Gasteiger partial charge in [0.05, 0.1) is 15.6 Å². The van der Waals surface area contributed by atoms with Crippen LogP contribution in [0.2, 0.25) is 4.34 Å². The van der Waals surface area contributed by atoms with Crippen LogP contribution >= 0.6 is 22.9 Å². The minimum atomic E-state index is -3.95. The summed E-state index contributed by atoms with van der Waals surface area (Å²) < 4.78 is 33.2. The number of rotatable bonds is 8. The Kier molecular flexibility index (Phi) is 7.62. The van der Waals surface area contributed by atoms with Crippen LogP contribution in [0.1, 0.15) is 17.3 Å². The fraction of sp³-hybridized carbons (Fsp3) is 0.182. The molecule has 1 amide bonds. The number of nitrogens with one attached hydrogen (secondary N) is 2. The van der Waals surface area contributed by atoms with Gasteiger partial charge in [-0.05, 0) is 55.5 Å². The predicted molar refractivity (Wildman–Crippen MR) is 131 cm³/mol. The molecule has 0 unspecified atom stereocenters. The maximum Gasteiger partial charge on any atom is 0.341 e. The van der Waals surface area contributed by atoms with Gasteiger partial charge in [-0.15, -0.1) is 11.3 Å². The molecule has 0 saturated carbocycles. The molecular weight excluding hydrogens is 486 g/mol. The van der Waals surface area contributed by atoms with Gasteiger partial charge in [-0.2, -0.15) is 0 Å². The van der Waals surface area contributed by atoms with Crippen molar-refractivity contribution in [2.45, 2.75) is 17.2 Å². The van der Waals surface area contributed by atoms with Crippen LogP contribution in [0, 0.1) is 0 Å². The molecule has 3 aromatic rings. The first-order valence-corrected chi connectivity index (χ1v) is 12.4. The summed E-state index contributed by atoms with van der Waals surface area (Å²) in [4.78, 5) is 27.1. The molecule has 2 N–H and O–H groups in total. The summed E-state index contributed by atoms with van der Waals surface area (Å²) in [6, 6.07) is 16.0. The number of anilines is 3. The number of thiophene rings is 1. The van der Waals surface area contributed by atoms with Gasteiger partial charge in [-0.1, -0.05) is 23.7 Å². The molecule has 0 saturated heterocycles. The highest BCUT2D eigenvalue weighted by atomic mass is 35.5. The number of carbonyl (C=O) groups is 2. The van der Waals surface area contributed by atoms with E-state index >= 15 is 0 Å². The normalized spacial score (nSPS) is 12.0. The minimum Gasteiger partial charge on any atom is -0.449 e. The largest absolute Gasteiger partial charge is 0.449 e. The lowest BCUT2D eigenvalue weighted by Gasteiger charge is -2.16. The summed E-state index contributed by atoms with van der Waals surface area (Å²) >= 11 is 6.72. The molecule has 0 fully saturated rings. The lowest BCUT2D eigenvalue weighted by Crippen LogP contribution is -2.30. The van der Waals surface area contributed by atoms with E-state index in [4.69, 9.17) is 16.3 Å². The van der Waals surface area contributed by atoms with E-state index in [-0.39, 0.29) is 15.5 Å². The molecule has 2 aromatic carbocycles. The van der Waals surface area contributed by atoms with Crippen molar-refractivity contribution in [1.82, 2.24) is 0 Å². The van der Waals surface area contributed by atoms with Gasteiger partial charge in [0.2, 0.25) is 0 Å². The molecule has 1 heterocycles. The Balaban J connectivity index is 1.69. The van der Waals surface area contributed by atoms with E-state index in [0.29, 0.717) is 10.0 Å². The standard InChI is InChI=1S/C22H22ClN3O5S2/c1-14(21(27)24-15-8-10-16(11-9-15)26(2)3)31-22(28)17-6-4-5-7-18(17)25-33(29,30)20-13-12-19(23)32-20/h4-14,25H,1-3H3,(H,24,27)/t14-/m0/s1. The molecule has 11 heteroatoms. The van der Waals surface area contributed by atoms with E-state index in [2.05, 4.69) is 10.0 Å². The smallest absolute Gasteiger partial charge is 0.341 e. The third kappa shape index (κ3) is 6.25. The van der Waals surface area contributed by atoms with Gasteiger partial charge < -0.3 is 15.0 Å². The second kappa shape index (κ2) is 10.2. The number of esters is 1. The second-order valence-corrected chi connectivity index (χ2v) is 10.8. The van der Waals surface area contributed by atoms with Gasteiger partial charge in [0.25, 0.3) is 15.9 Å². The molecule has 0 aliphatic heterocycles. The average Bonchev–Trinajstić information content (AvgIpc) is 3.21. The Hall–Kier alpha value is -3.08. The molecule has 0 radical (unpaired) electrons. The number of para-hydroxylation sites is 1. The molecule has 0 spiro atoms. The van der Waals surface area contributed by atoms with Crippen LogP contribution in [-0.2, 0) is 19.6 Å². The maximum absolute atomic E-state index is 12.7. The van der Waals surface area contributed by atoms with E-state index in [1.807, 2.05) is 31.1 Å². The van der Waals surface area contributed by atoms with E-state index in [0.717, 1.165) is 17.0 Å². The first kappa shape index (κ1) is 24.6. The van der Waals surface area contributed by atoms with E-state index in [1.165, 1.54) is 31.2 Å². The highest BCUT2D eigenvalue weighted by Crippen LogP contribution is 2.28. The molecule has 3 rings (SSSR count). The van der Waals surface area contributed by atoms with Crippen LogP contribution in [-0.4, -0.2) is 40.5 Å². The fourth-order valence-electron chi connectivity index (χ4n) is 2.75. The lowest BCUT2D eigenvalue weighted by atomic mass is 10.2. The Morgan fingerprint density at radius 2 is 1.70 bits per heavy atom. The highest BCUT2D eigenvalue weighted by molar-refractivity contribution is 7.94. The number of amides is 1. The molecule has 8 nitrogen and oxygen atoms in total. The van der Waals surface area contributed by atoms with Gasteiger partial charge in [-0.25, -0.2) is 13.2 Å². The quantitative estimate of drug-likeness (QED) is 0.436. The molecule has 0 aliphatic carbocycles. The first-order chi connectivity index (χ1) is 15.6. The zero-order valence-corrected chi connectivity index (χ0v) is 20.4. The molecule has 0 aliphatic rings. The Labute approximate surface area is 201 Å². The molecule has 33 heavy (non-hydrogen) atoms. The number of carbonyl (C=O) groups excluding carboxylic acids is 2. The number of hydrogen-bond donors (Lipinski definition) is 2.